The van der Waals surface area contributed by atoms with Crippen molar-refractivity contribution in [1.82, 2.24) is 5.32 Å². The summed E-state index contributed by atoms with van der Waals surface area (Å²) in [4.78, 5) is 14.2. The van der Waals surface area contributed by atoms with Gasteiger partial charge in [-0.2, -0.15) is 0 Å². The summed E-state index contributed by atoms with van der Waals surface area (Å²) in [6, 6.07) is 5.61. The molecule has 0 aliphatic heterocycles. The van der Waals surface area contributed by atoms with Crippen molar-refractivity contribution >= 4 is 17.3 Å². The van der Waals surface area contributed by atoms with E-state index in [1.807, 2.05) is 38.1 Å². The summed E-state index contributed by atoms with van der Waals surface area (Å²) in [5.74, 6) is -0.0559. The van der Waals surface area contributed by atoms with E-state index in [0.717, 1.165) is 24.9 Å². The Balaban J connectivity index is 2.83. The van der Waals surface area contributed by atoms with Gasteiger partial charge in [0.25, 0.3) is 5.91 Å². The lowest BCUT2D eigenvalue weighted by Gasteiger charge is -2.19. The second-order valence-electron chi connectivity index (χ2n) is 5.19. The summed E-state index contributed by atoms with van der Waals surface area (Å²) in [7, 11) is 3.84. The average Bonchev–Trinajstić information content (AvgIpc) is 2.35. The summed E-state index contributed by atoms with van der Waals surface area (Å²) in [6.07, 6.45) is 3.27. The number of nitrogen functional groups attached to an aromatic ring is 1. The maximum Gasteiger partial charge on any atom is 0.253 e. The molecule has 0 saturated heterocycles. The van der Waals surface area contributed by atoms with E-state index in [0.29, 0.717) is 11.3 Å². The van der Waals surface area contributed by atoms with Crippen molar-refractivity contribution in [2.75, 3.05) is 24.7 Å². The Morgan fingerprint density at radius 2 is 2.11 bits per heavy atom. The first-order valence-electron chi connectivity index (χ1n) is 6.83. The van der Waals surface area contributed by atoms with Gasteiger partial charge in [-0.3, -0.25) is 4.79 Å². The molecule has 1 atom stereocenters. The lowest BCUT2D eigenvalue weighted by molar-refractivity contribution is 0.0938. The third-order valence-electron chi connectivity index (χ3n) is 3.12. The molecule has 1 aromatic rings. The number of hydrogen-bond donors (Lipinski definition) is 2. The molecule has 3 N–H and O–H groups in total. The van der Waals surface area contributed by atoms with Crippen LogP contribution in [-0.2, 0) is 0 Å². The van der Waals surface area contributed by atoms with Gasteiger partial charge in [0.05, 0.1) is 5.56 Å². The summed E-state index contributed by atoms with van der Waals surface area (Å²) in [6.45, 7) is 4.19. The predicted molar refractivity (Wildman–Crippen MR) is 81.6 cm³/mol. The average molecular weight is 263 g/mol. The minimum absolute atomic E-state index is 0.0559. The minimum Gasteiger partial charge on any atom is -0.399 e. The van der Waals surface area contributed by atoms with E-state index in [9.17, 15) is 4.79 Å². The van der Waals surface area contributed by atoms with Gasteiger partial charge in [0.1, 0.15) is 0 Å². The van der Waals surface area contributed by atoms with Crippen LogP contribution in [0.4, 0.5) is 11.4 Å². The van der Waals surface area contributed by atoms with E-state index in [1.54, 1.807) is 6.07 Å². The van der Waals surface area contributed by atoms with E-state index < -0.39 is 0 Å². The number of benzene rings is 1. The standard InChI is InChI=1S/C15H25N3O/c1-5-6-7-11(2)17-15(19)13-10-12(16)8-9-14(13)18(3)4/h8-11H,5-7,16H2,1-4H3,(H,17,19). The molecule has 1 rings (SSSR count). The molecule has 0 spiro atoms. The van der Waals surface area contributed by atoms with Crippen LogP contribution in [0.25, 0.3) is 0 Å². The zero-order chi connectivity index (χ0) is 14.4. The number of unbranched alkanes of at least 4 members (excludes halogenated alkanes) is 1. The van der Waals surface area contributed by atoms with Crippen LogP contribution >= 0.6 is 0 Å². The first kappa shape index (κ1) is 15.3. The van der Waals surface area contributed by atoms with Gasteiger partial charge in [-0.05, 0) is 31.5 Å². The maximum absolute atomic E-state index is 12.3. The molecule has 19 heavy (non-hydrogen) atoms. The van der Waals surface area contributed by atoms with Crippen molar-refractivity contribution in [2.24, 2.45) is 0 Å². The van der Waals surface area contributed by atoms with Crippen LogP contribution in [-0.4, -0.2) is 26.0 Å². The third-order valence-corrected chi connectivity index (χ3v) is 3.12. The Labute approximate surface area is 116 Å². The highest BCUT2D eigenvalue weighted by molar-refractivity contribution is 6.00. The van der Waals surface area contributed by atoms with E-state index in [4.69, 9.17) is 5.73 Å². The number of carbonyl (C=O) groups excluding carboxylic acids is 1. The van der Waals surface area contributed by atoms with Gasteiger partial charge in [0.15, 0.2) is 0 Å². The Kier molecular flexibility index (Phi) is 5.67. The minimum atomic E-state index is -0.0559. The van der Waals surface area contributed by atoms with Crippen LogP contribution in [0.2, 0.25) is 0 Å². The molecule has 0 aliphatic rings. The molecule has 4 nitrogen and oxygen atoms in total. The highest BCUT2D eigenvalue weighted by Gasteiger charge is 2.15. The van der Waals surface area contributed by atoms with Crippen molar-refractivity contribution in [3.8, 4) is 0 Å². The van der Waals surface area contributed by atoms with Gasteiger partial charge in [-0.25, -0.2) is 0 Å². The number of anilines is 2. The summed E-state index contributed by atoms with van der Waals surface area (Å²) < 4.78 is 0. The van der Waals surface area contributed by atoms with Crippen molar-refractivity contribution in [2.45, 2.75) is 39.2 Å². The van der Waals surface area contributed by atoms with Gasteiger partial charge in [0, 0.05) is 31.5 Å². The molecule has 1 unspecified atom stereocenters. The fourth-order valence-electron chi connectivity index (χ4n) is 2.01. The number of carbonyl (C=O) groups is 1. The second-order valence-corrected chi connectivity index (χ2v) is 5.19. The molecule has 4 heteroatoms. The van der Waals surface area contributed by atoms with Crippen LogP contribution in [0, 0.1) is 0 Å². The molecule has 0 aliphatic carbocycles. The van der Waals surface area contributed by atoms with Crippen molar-refractivity contribution < 1.29 is 4.79 Å². The molecule has 0 heterocycles. The molecule has 0 bridgehead atoms. The quantitative estimate of drug-likeness (QED) is 0.776. The van der Waals surface area contributed by atoms with Crippen molar-refractivity contribution in [3.05, 3.63) is 23.8 Å². The van der Waals surface area contributed by atoms with Crippen LogP contribution in [0.1, 0.15) is 43.5 Å². The molecule has 0 radical (unpaired) electrons. The smallest absolute Gasteiger partial charge is 0.253 e. The Hall–Kier alpha value is -1.71. The zero-order valence-electron chi connectivity index (χ0n) is 12.4. The van der Waals surface area contributed by atoms with Gasteiger partial charge in [-0.1, -0.05) is 19.8 Å². The topological polar surface area (TPSA) is 58.4 Å². The Morgan fingerprint density at radius 3 is 2.68 bits per heavy atom. The highest BCUT2D eigenvalue weighted by Crippen LogP contribution is 2.21. The number of hydrogen-bond acceptors (Lipinski definition) is 3. The van der Waals surface area contributed by atoms with Gasteiger partial charge < -0.3 is 16.0 Å². The third kappa shape index (κ3) is 4.47. The Morgan fingerprint density at radius 1 is 1.42 bits per heavy atom. The molecular weight excluding hydrogens is 238 g/mol. The molecule has 1 aromatic carbocycles. The van der Waals surface area contributed by atoms with Crippen LogP contribution in [0.3, 0.4) is 0 Å². The number of nitrogens with one attached hydrogen (secondary N) is 1. The van der Waals surface area contributed by atoms with Gasteiger partial charge in [-0.15, -0.1) is 0 Å². The summed E-state index contributed by atoms with van der Waals surface area (Å²) in [5.41, 5.74) is 7.90. The first-order valence-corrected chi connectivity index (χ1v) is 6.83. The molecule has 1 amide bonds. The molecule has 0 saturated carbocycles. The molecular formula is C15H25N3O. The number of rotatable bonds is 6. The van der Waals surface area contributed by atoms with Crippen molar-refractivity contribution in [3.63, 3.8) is 0 Å². The largest absolute Gasteiger partial charge is 0.399 e. The SMILES string of the molecule is CCCCC(C)NC(=O)c1cc(N)ccc1N(C)C. The van der Waals surface area contributed by atoms with E-state index >= 15 is 0 Å². The van der Waals surface area contributed by atoms with Crippen LogP contribution in [0.5, 0.6) is 0 Å². The molecule has 0 aromatic heterocycles. The lowest BCUT2D eigenvalue weighted by atomic mass is 10.1. The predicted octanol–water partition coefficient (Wildman–Crippen LogP) is 2.64. The van der Waals surface area contributed by atoms with Gasteiger partial charge in [0.2, 0.25) is 0 Å². The maximum atomic E-state index is 12.3. The van der Waals surface area contributed by atoms with Crippen molar-refractivity contribution in [1.29, 1.82) is 0 Å². The summed E-state index contributed by atoms with van der Waals surface area (Å²) >= 11 is 0. The van der Waals surface area contributed by atoms with E-state index in [2.05, 4.69) is 12.2 Å². The fourth-order valence-corrected chi connectivity index (χ4v) is 2.01. The van der Waals surface area contributed by atoms with E-state index in [1.165, 1.54) is 0 Å². The normalized spacial score (nSPS) is 12.0. The molecule has 106 valence electrons. The van der Waals surface area contributed by atoms with Crippen LogP contribution in [0.15, 0.2) is 18.2 Å². The number of nitrogens with two attached hydrogens (primary N) is 1. The van der Waals surface area contributed by atoms with E-state index in [-0.39, 0.29) is 11.9 Å². The zero-order valence-corrected chi connectivity index (χ0v) is 12.4. The molecule has 0 fully saturated rings. The lowest BCUT2D eigenvalue weighted by Crippen LogP contribution is -2.33. The highest BCUT2D eigenvalue weighted by atomic mass is 16.1. The van der Waals surface area contributed by atoms with Crippen LogP contribution < -0.4 is 16.0 Å². The fraction of sp³-hybridized carbons (Fsp3) is 0.533. The first-order chi connectivity index (χ1) is 8.95. The van der Waals surface area contributed by atoms with Gasteiger partial charge >= 0.3 is 0 Å². The number of amides is 1. The summed E-state index contributed by atoms with van der Waals surface area (Å²) in [5, 5.41) is 3.03. The Bertz CT molecular complexity index is 429. The monoisotopic (exact) mass is 263 g/mol. The second kappa shape index (κ2) is 7.02. The number of nitrogens with zero attached hydrogens (tertiary/aromatic N) is 1.